The van der Waals surface area contributed by atoms with Crippen molar-refractivity contribution in [2.24, 2.45) is 0 Å². The lowest BCUT2D eigenvalue weighted by atomic mass is 10.2. The molecule has 1 N–H and O–H groups in total. The lowest BCUT2D eigenvalue weighted by Crippen LogP contribution is -2.10. The minimum Gasteiger partial charge on any atom is -0.376 e. The van der Waals surface area contributed by atoms with Crippen molar-refractivity contribution in [1.29, 1.82) is 0 Å². The van der Waals surface area contributed by atoms with Gasteiger partial charge in [0.1, 0.15) is 0 Å². The van der Waals surface area contributed by atoms with E-state index in [0.29, 0.717) is 0 Å². The molecule has 0 unspecified atom stereocenters. The lowest BCUT2D eigenvalue weighted by Gasteiger charge is -2.02. The van der Waals surface area contributed by atoms with Gasteiger partial charge in [-0.05, 0) is 25.1 Å². The van der Waals surface area contributed by atoms with Crippen molar-refractivity contribution in [3.63, 3.8) is 0 Å². The standard InChI is InChI=1S/C15H27NOS/c1-3-5-6-7-8-11-17-13-15-10-9-14(18-15)12-16-4-2/h9-10,16H,3-8,11-13H2,1-2H3. The maximum Gasteiger partial charge on any atom is 0.0809 e. The van der Waals surface area contributed by atoms with Gasteiger partial charge in [0.15, 0.2) is 0 Å². The zero-order valence-corrected chi connectivity index (χ0v) is 12.7. The van der Waals surface area contributed by atoms with Gasteiger partial charge in [-0.25, -0.2) is 0 Å². The summed E-state index contributed by atoms with van der Waals surface area (Å²) < 4.78 is 5.71. The van der Waals surface area contributed by atoms with E-state index in [-0.39, 0.29) is 0 Å². The second kappa shape index (κ2) is 10.5. The van der Waals surface area contributed by atoms with Gasteiger partial charge in [-0.2, -0.15) is 0 Å². The van der Waals surface area contributed by atoms with Crippen LogP contribution in [-0.4, -0.2) is 13.2 Å². The fourth-order valence-electron chi connectivity index (χ4n) is 1.82. The summed E-state index contributed by atoms with van der Waals surface area (Å²) in [4.78, 5) is 2.75. The largest absolute Gasteiger partial charge is 0.376 e. The molecule has 0 atom stereocenters. The molecule has 3 heteroatoms. The fraction of sp³-hybridized carbons (Fsp3) is 0.733. The summed E-state index contributed by atoms with van der Waals surface area (Å²) in [6, 6.07) is 4.39. The minimum atomic E-state index is 0.782. The third-order valence-corrected chi connectivity index (χ3v) is 3.96. The first-order chi connectivity index (χ1) is 8.86. The van der Waals surface area contributed by atoms with Gasteiger partial charge in [0.25, 0.3) is 0 Å². The fourth-order valence-corrected chi connectivity index (χ4v) is 2.75. The summed E-state index contributed by atoms with van der Waals surface area (Å²) in [6.45, 7) is 8.09. The Morgan fingerprint density at radius 1 is 1.06 bits per heavy atom. The van der Waals surface area contributed by atoms with Crippen LogP contribution < -0.4 is 5.32 Å². The van der Waals surface area contributed by atoms with E-state index in [2.05, 4.69) is 31.3 Å². The van der Waals surface area contributed by atoms with Crippen molar-refractivity contribution in [3.8, 4) is 0 Å². The quantitative estimate of drug-likeness (QED) is 0.603. The van der Waals surface area contributed by atoms with Crippen molar-refractivity contribution in [3.05, 3.63) is 21.9 Å². The van der Waals surface area contributed by atoms with Crippen LogP contribution in [-0.2, 0) is 17.9 Å². The number of nitrogens with one attached hydrogen (secondary N) is 1. The molecule has 0 aliphatic rings. The molecule has 1 aromatic heterocycles. The highest BCUT2D eigenvalue weighted by atomic mass is 32.1. The summed E-state index contributed by atoms with van der Waals surface area (Å²) in [6.07, 6.45) is 6.54. The average molecular weight is 269 g/mol. The molecule has 0 radical (unpaired) electrons. The van der Waals surface area contributed by atoms with Gasteiger partial charge < -0.3 is 10.1 Å². The van der Waals surface area contributed by atoms with Crippen LogP contribution in [0.4, 0.5) is 0 Å². The molecule has 1 heterocycles. The molecule has 0 aliphatic heterocycles. The van der Waals surface area contributed by atoms with E-state index in [1.165, 1.54) is 41.9 Å². The van der Waals surface area contributed by atoms with E-state index in [1.54, 1.807) is 0 Å². The third kappa shape index (κ3) is 7.14. The zero-order valence-electron chi connectivity index (χ0n) is 11.8. The van der Waals surface area contributed by atoms with Gasteiger partial charge in [0, 0.05) is 22.9 Å². The Bertz CT molecular complexity index is 298. The number of hydrogen-bond donors (Lipinski definition) is 1. The van der Waals surface area contributed by atoms with E-state index >= 15 is 0 Å². The van der Waals surface area contributed by atoms with E-state index in [4.69, 9.17) is 4.74 Å². The van der Waals surface area contributed by atoms with Crippen LogP contribution in [0.2, 0.25) is 0 Å². The van der Waals surface area contributed by atoms with Crippen LogP contribution >= 0.6 is 11.3 Å². The van der Waals surface area contributed by atoms with Crippen molar-refractivity contribution >= 4 is 11.3 Å². The highest BCUT2D eigenvalue weighted by molar-refractivity contribution is 7.11. The Morgan fingerprint density at radius 3 is 2.61 bits per heavy atom. The van der Waals surface area contributed by atoms with Crippen LogP contribution in [0.15, 0.2) is 12.1 Å². The highest BCUT2D eigenvalue weighted by Crippen LogP contribution is 2.17. The normalized spacial score (nSPS) is 11.0. The SMILES string of the molecule is CCCCCCCOCc1ccc(CNCC)s1. The van der Waals surface area contributed by atoms with E-state index in [1.807, 2.05) is 11.3 Å². The molecule has 104 valence electrons. The summed E-state index contributed by atoms with van der Waals surface area (Å²) in [5.41, 5.74) is 0. The smallest absolute Gasteiger partial charge is 0.0809 e. The summed E-state index contributed by atoms with van der Waals surface area (Å²) in [5.74, 6) is 0. The topological polar surface area (TPSA) is 21.3 Å². The van der Waals surface area contributed by atoms with Crippen molar-refractivity contribution in [2.75, 3.05) is 13.2 Å². The first-order valence-electron chi connectivity index (χ1n) is 7.22. The molecule has 2 nitrogen and oxygen atoms in total. The predicted molar refractivity (Wildman–Crippen MR) is 80.1 cm³/mol. The average Bonchev–Trinajstić information content (AvgIpc) is 2.83. The maximum atomic E-state index is 5.71. The first kappa shape index (κ1) is 15.7. The minimum absolute atomic E-state index is 0.782. The van der Waals surface area contributed by atoms with Gasteiger partial charge in [-0.15, -0.1) is 11.3 Å². The van der Waals surface area contributed by atoms with Crippen LogP contribution in [0, 0.1) is 0 Å². The number of ether oxygens (including phenoxy) is 1. The molecule has 0 amide bonds. The molecular formula is C15H27NOS. The molecule has 0 spiro atoms. The van der Waals surface area contributed by atoms with Crippen LogP contribution in [0.25, 0.3) is 0 Å². The summed E-state index contributed by atoms with van der Waals surface area (Å²) in [7, 11) is 0. The number of unbranched alkanes of at least 4 members (excludes halogenated alkanes) is 4. The van der Waals surface area contributed by atoms with Gasteiger partial charge in [0.2, 0.25) is 0 Å². The second-order valence-corrected chi connectivity index (χ2v) is 5.87. The molecular weight excluding hydrogens is 242 g/mol. The third-order valence-electron chi connectivity index (χ3n) is 2.90. The Hall–Kier alpha value is -0.380. The Labute approximate surface area is 116 Å². The molecule has 1 rings (SSSR count). The van der Waals surface area contributed by atoms with E-state index < -0.39 is 0 Å². The van der Waals surface area contributed by atoms with Crippen molar-refractivity contribution in [1.82, 2.24) is 5.32 Å². The Kier molecular flexibility index (Phi) is 9.17. The van der Waals surface area contributed by atoms with Gasteiger partial charge >= 0.3 is 0 Å². The van der Waals surface area contributed by atoms with Crippen LogP contribution in [0.3, 0.4) is 0 Å². The van der Waals surface area contributed by atoms with Crippen LogP contribution in [0.5, 0.6) is 0 Å². The predicted octanol–water partition coefficient (Wildman–Crippen LogP) is 4.34. The van der Waals surface area contributed by atoms with Gasteiger partial charge in [0.05, 0.1) is 6.61 Å². The Balaban J connectivity index is 2.03. The van der Waals surface area contributed by atoms with Gasteiger partial charge in [-0.3, -0.25) is 0 Å². The lowest BCUT2D eigenvalue weighted by molar-refractivity contribution is 0.119. The molecule has 0 bridgehead atoms. The highest BCUT2D eigenvalue weighted by Gasteiger charge is 1.99. The van der Waals surface area contributed by atoms with E-state index in [9.17, 15) is 0 Å². The number of hydrogen-bond acceptors (Lipinski definition) is 3. The molecule has 0 aromatic carbocycles. The molecule has 1 aromatic rings. The number of thiophene rings is 1. The van der Waals surface area contributed by atoms with Gasteiger partial charge in [-0.1, -0.05) is 39.5 Å². The maximum absolute atomic E-state index is 5.71. The molecule has 0 fully saturated rings. The van der Waals surface area contributed by atoms with Crippen LogP contribution in [0.1, 0.15) is 55.7 Å². The Morgan fingerprint density at radius 2 is 1.83 bits per heavy atom. The van der Waals surface area contributed by atoms with Crippen molar-refractivity contribution in [2.45, 2.75) is 59.1 Å². The molecule has 0 aliphatic carbocycles. The monoisotopic (exact) mass is 269 g/mol. The van der Waals surface area contributed by atoms with Crippen molar-refractivity contribution < 1.29 is 4.74 Å². The summed E-state index contributed by atoms with van der Waals surface area (Å²) >= 11 is 1.86. The second-order valence-electron chi connectivity index (χ2n) is 4.62. The zero-order chi connectivity index (χ0) is 13.1. The van der Waals surface area contributed by atoms with E-state index in [0.717, 1.165) is 26.3 Å². The molecule has 0 saturated heterocycles. The first-order valence-corrected chi connectivity index (χ1v) is 8.04. The molecule has 18 heavy (non-hydrogen) atoms. The molecule has 0 saturated carbocycles. The summed E-state index contributed by atoms with van der Waals surface area (Å²) in [5, 5.41) is 3.34. The number of rotatable bonds is 11.